The Kier molecular flexibility index (Phi) is 2.83. The van der Waals surface area contributed by atoms with Gasteiger partial charge in [-0.15, -0.1) is 0 Å². The maximum atomic E-state index is 5.63. The summed E-state index contributed by atoms with van der Waals surface area (Å²) in [6, 6.07) is 0. The highest BCUT2D eigenvalue weighted by Crippen LogP contribution is 2.14. The molecule has 0 saturated heterocycles. The van der Waals surface area contributed by atoms with Crippen LogP contribution in [0.5, 0.6) is 0 Å². The van der Waals surface area contributed by atoms with Gasteiger partial charge in [0.15, 0.2) is 0 Å². The van der Waals surface area contributed by atoms with Crippen LogP contribution in [0, 0.1) is 0 Å². The van der Waals surface area contributed by atoms with E-state index in [9.17, 15) is 0 Å². The van der Waals surface area contributed by atoms with Gasteiger partial charge >= 0.3 is 0 Å². The van der Waals surface area contributed by atoms with Gasteiger partial charge in [0.2, 0.25) is 0 Å². The molecule has 0 aromatic carbocycles. The van der Waals surface area contributed by atoms with E-state index in [1.165, 1.54) is 0 Å². The van der Waals surface area contributed by atoms with E-state index in [-0.39, 0.29) is 0 Å². The van der Waals surface area contributed by atoms with Crippen molar-refractivity contribution in [2.45, 2.75) is 26.2 Å². The average Bonchev–Trinajstić information content (AvgIpc) is 2.05. The molecule has 0 radical (unpaired) electrons. The highest BCUT2D eigenvalue weighted by Gasteiger charge is 2.04. The lowest BCUT2D eigenvalue weighted by Gasteiger charge is -2.04. The molecule has 3 heteroatoms. The molecule has 11 heavy (non-hydrogen) atoms. The lowest BCUT2D eigenvalue weighted by atomic mass is 10.1. The monoisotopic (exact) mass is 170 g/mol. The van der Waals surface area contributed by atoms with Gasteiger partial charge in [-0.2, -0.15) is 0 Å². The molecule has 0 aliphatic carbocycles. The van der Waals surface area contributed by atoms with E-state index in [0.29, 0.717) is 10.9 Å². The van der Waals surface area contributed by atoms with Crippen molar-refractivity contribution in [3.05, 3.63) is 23.2 Å². The van der Waals surface area contributed by atoms with Gasteiger partial charge in [0.05, 0.1) is 5.02 Å². The smallest absolute Gasteiger partial charge is 0.131 e. The van der Waals surface area contributed by atoms with Gasteiger partial charge in [0.1, 0.15) is 5.82 Å². The number of hydrogen-bond acceptors (Lipinski definition) is 2. The Hall–Kier alpha value is -0.630. The summed E-state index contributed by atoms with van der Waals surface area (Å²) < 4.78 is 0. The maximum Gasteiger partial charge on any atom is 0.131 e. The fraction of sp³-hybridized carbons (Fsp3) is 0.500. The van der Waals surface area contributed by atoms with Crippen LogP contribution in [0.2, 0.25) is 5.02 Å². The minimum atomic E-state index is 0.423. The molecule has 0 spiro atoms. The Labute approximate surface area is 71.6 Å². The molecule has 0 saturated carbocycles. The van der Waals surface area contributed by atoms with Gasteiger partial charge in [-0.1, -0.05) is 25.4 Å². The second-order valence-electron chi connectivity index (χ2n) is 2.57. The third kappa shape index (κ3) is 2.15. The molecule has 0 fully saturated rings. The van der Waals surface area contributed by atoms with E-state index in [4.69, 9.17) is 11.6 Å². The molecule has 60 valence electrons. The standard InChI is InChI=1S/C8H11ClN2/c1-3-6(2)8-10-4-7(9)5-11-8/h4-6H,3H2,1-2H3/t6-/m1/s1. The van der Waals surface area contributed by atoms with E-state index in [2.05, 4.69) is 23.8 Å². The highest BCUT2D eigenvalue weighted by molar-refractivity contribution is 6.30. The summed E-state index contributed by atoms with van der Waals surface area (Å²) in [4.78, 5) is 8.21. The van der Waals surface area contributed by atoms with Crippen molar-refractivity contribution in [2.75, 3.05) is 0 Å². The summed E-state index contributed by atoms with van der Waals surface area (Å²) in [5.41, 5.74) is 0. The van der Waals surface area contributed by atoms with Crippen LogP contribution in [0.15, 0.2) is 12.4 Å². The first kappa shape index (κ1) is 8.47. The highest BCUT2D eigenvalue weighted by atomic mass is 35.5. The molecule has 1 rings (SSSR count). The first-order valence-electron chi connectivity index (χ1n) is 3.71. The van der Waals surface area contributed by atoms with Gasteiger partial charge < -0.3 is 0 Å². The summed E-state index contributed by atoms with van der Waals surface area (Å²) in [5, 5.41) is 0.594. The van der Waals surface area contributed by atoms with Crippen LogP contribution in [-0.2, 0) is 0 Å². The SMILES string of the molecule is CC[C@@H](C)c1ncc(Cl)cn1. The molecule has 0 aliphatic rings. The number of nitrogens with zero attached hydrogens (tertiary/aromatic N) is 2. The van der Waals surface area contributed by atoms with Crippen LogP contribution in [0.25, 0.3) is 0 Å². The van der Waals surface area contributed by atoms with Crippen LogP contribution in [0.1, 0.15) is 32.0 Å². The molecular weight excluding hydrogens is 160 g/mol. The van der Waals surface area contributed by atoms with Crippen molar-refractivity contribution in [3.63, 3.8) is 0 Å². The summed E-state index contributed by atoms with van der Waals surface area (Å²) >= 11 is 5.63. The summed E-state index contributed by atoms with van der Waals surface area (Å²) in [6.45, 7) is 4.21. The topological polar surface area (TPSA) is 25.8 Å². The molecule has 0 amide bonds. The predicted octanol–water partition coefficient (Wildman–Crippen LogP) is 2.64. The molecule has 1 atom stereocenters. The zero-order valence-corrected chi connectivity index (χ0v) is 7.47. The van der Waals surface area contributed by atoms with Crippen LogP contribution >= 0.6 is 11.6 Å². The molecule has 1 heterocycles. The third-order valence-electron chi connectivity index (χ3n) is 1.69. The molecule has 2 nitrogen and oxygen atoms in total. The Bertz CT molecular complexity index is 220. The van der Waals surface area contributed by atoms with Gasteiger partial charge in [-0.3, -0.25) is 0 Å². The van der Waals surface area contributed by atoms with Crippen LogP contribution in [-0.4, -0.2) is 9.97 Å². The first-order chi connectivity index (χ1) is 5.24. The van der Waals surface area contributed by atoms with Crippen molar-refractivity contribution in [1.29, 1.82) is 0 Å². The quantitative estimate of drug-likeness (QED) is 0.682. The normalized spacial score (nSPS) is 13.0. The number of rotatable bonds is 2. The zero-order valence-electron chi connectivity index (χ0n) is 6.71. The Morgan fingerprint density at radius 2 is 2.00 bits per heavy atom. The van der Waals surface area contributed by atoms with E-state index < -0.39 is 0 Å². The summed E-state index contributed by atoms with van der Waals surface area (Å²) in [5.74, 6) is 1.30. The first-order valence-corrected chi connectivity index (χ1v) is 4.09. The largest absolute Gasteiger partial charge is 0.240 e. The second kappa shape index (κ2) is 3.67. The molecule has 0 bridgehead atoms. The van der Waals surface area contributed by atoms with Crippen molar-refractivity contribution in [3.8, 4) is 0 Å². The van der Waals surface area contributed by atoms with Crippen molar-refractivity contribution in [1.82, 2.24) is 9.97 Å². The zero-order chi connectivity index (χ0) is 8.27. The van der Waals surface area contributed by atoms with Crippen molar-refractivity contribution < 1.29 is 0 Å². The summed E-state index contributed by atoms with van der Waals surface area (Å²) in [7, 11) is 0. The van der Waals surface area contributed by atoms with E-state index >= 15 is 0 Å². The molecule has 0 N–H and O–H groups in total. The van der Waals surface area contributed by atoms with E-state index in [1.54, 1.807) is 12.4 Å². The summed E-state index contributed by atoms with van der Waals surface area (Å²) in [6.07, 6.45) is 4.33. The van der Waals surface area contributed by atoms with Gasteiger partial charge in [0.25, 0.3) is 0 Å². The molecular formula is C8H11ClN2. The molecule has 1 aromatic heterocycles. The average molecular weight is 171 g/mol. The van der Waals surface area contributed by atoms with Crippen LogP contribution < -0.4 is 0 Å². The Morgan fingerprint density at radius 1 is 1.45 bits per heavy atom. The number of aromatic nitrogens is 2. The van der Waals surface area contributed by atoms with Gasteiger partial charge in [0, 0.05) is 18.3 Å². The minimum absolute atomic E-state index is 0.423. The van der Waals surface area contributed by atoms with E-state index in [0.717, 1.165) is 12.2 Å². The number of hydrogen-bond donors (Lipinski definition) is 0. The fourth-order valence-corrected chi connectivity index (χ4v) is 0.857. The van der Waals surface area contributed by atoms with E-state index in [1.807, 2.05) is 0 Å². The molecule has 0 unspecified atom stereocenters. The molecule has 0 aliphatic heterocycles. The van der Waals surface area contributed by atoms with Crippen molar-refractivity contribution >= 4 is 11.6 Å². The van der Waals surface area contributed by atoms with Crippen LogP contribution in [0.4, 0.5) is 0 Å². The minimum Gasteiger partial charge on any atom is -0.240 e. The third-order valence-corrected chi connectivity index (χ3v) is 1.89. The predicted molar refractivity (Wildman–Crippen MR) is 45.7 cm³/mol. The fourth-order valence-electron chi connectivity index (χ4n) is 0.759. The Balaban J connectivity index is 2.81. The van der Waals surface area contributed by atoms with Crippen LogP contribution in [0.3, 0.4) is 0 Å². The van der Waals surface area contributed by atoms with Gasteiger partial charge in [-0.25, -0.2) is 9.97 Å². The van der Waals surface area contributed by atoms with Gasteiger partial charge in [-0.05, 0) is 6.42 Å². The second-order valence-corrected chi connectivity index (χ2v) is 3.01. The Morgan fingerprint density at radius 3 is 2.45 bits per heavy atom. The van der Waals surface area contributed by atoms with Crippen molar-refractivity contribution in [2.24, 2.45) is 0 Å². The number of halogens is 1. The lowest BCUT2D eigenvalue weighted by molar-refractivity contribution is 0.678. The lowest BCUT2D eigenvalue weighted by Crippen LogP contribution is -1.98. The maximum absolute atomic E-state index is 5.63. The molecule has 1 aromatic rings.